The van der Waals surface area contributed by atoms with E-state index in [1.54, 1.807) is 11.3 Å². The summed E-state index contributed by atoms with van der Waals surface area (Å²) >= 11 is 1.59. The Kier molecular flexibility index (Phi) is 4.38. The second-order valence-electron chi connectivity index (χ2n) is 5.67. The number of ether oxygens (including phenoxy) is 1. The van der Waals surface area contributed by atoms with E-state index in [1.165, 1.54) is 4.88 Å². The largest absolute Gasteiger partial charge is 0.396 e. The highest BCUT2D eigenvalue weighted by atomic mass is 32.1. The van der Waals surface area contributed by atoms with E-state index >= 15 is 0 Å². The normalized spacial score (nSPS) is 26.1. The smallest absolute Gasteiger partial charge is 0.261 e. The van der Waals surface area contributed by atoms with Crippen LogP contribution in [0.4, 0.5) is 0 Å². The molecule has 1 aromatic rings. The van der Waals surface area contributed by atoms with Gasteiger partial charge in [0.05, 0.1) is 18.1 Å². The molecule has 20 heavy (non-hydrogen) atoms. The van der Waals surface area contributed by atoms with Gasteiger partial charge in [0.1, 0.15) is 0 Å². The minimum atomic E-state index is 0.00903. The summed E-state index contributed by atoms with van der Waals surface area (Å²) in [6, 6.07) is 2.09. The predicted octanol–water partition coefficient (Wildman–Crippen LogP) is 2.10. The van der Waals surface area contributed by atoms with Crippen molar-refractivity contribution in [1.82, 2.24) is 5.32 Å². The molecule has 4 nitrogen and oxygen atoms in total. The molecule has 0 aromatic carbocycles. The quantitative estimate of drug-likeness (QED) is 0.898. The molecule has 1 aliphatic heterocycles. The molecule has 0 radical (unpaired) electrons. The molecule has 1 saturated carbocycles. The number of thiophene rings is 1. The van der Waals surface area contributed by atoms with E-state index in [2.05, 4.69) is 5.32 Å². The Bertz CT molecular complexity index is 462. The van der Waals surface area contributed by atoms with E-state index in [9.17, 15) is 9.90 Å². The van der Waals surface area contributed by atoms with Crippen molar-refractivity contribution in [2.45, 2.75) is 44.8 Å². The van der Waals surface area contributed by atoms with Crippen molar-refractivity contribution >= 4 is 17.2 Å². The Hall–Kier alpha value is -0.910. The highest BCUT2D eigenvalue weighted by Gasteiger charge is 2.27. The Morgan fingerprint density at radius 2 is 2.30 bits per heavy atom. The predicted molar refractivity (Wildman–Crippen MR) is 78.0 cm³/mol. The molecule has 1 amide bonds. The van der Waals surface area contributed by atoms with Crippen molar-refractivity contribution in [3.8, 4) is 0 Å². The Morgan fingerprint density at radius 1 is 1.45 bits per heavy atom. The van der Waals surface area contributed by atoms with Crippen LogP contribution in [0.25, 0.3) is 0 Å². The van der Waals surface area contributed by atoms with E-state index in [1.807, 2.05) is 6.07 Å². The SMILES string of the molecule is O=C(NC1CCCCC1CO)c1cc2c(s1)CCOC2. The van der Waals surface area contributed by atoms with Gasteiger partial charge < -0.3 is 15.2 Å². The molecule has 0 spiro atoms. The molecular weight excluding hydrogens is 274 g/mol. The van der Waals surface area contributed by atoms with Crippen molar-refractivity contribution in [3.05, 3.63) is 21.4 Å². The maximum Gasteiger partial charge on any atom is 0.261 e. The van der Waals surface area contributed by atoms with Crippen molar-refractivity contribution in [1.29, 1.82) is 0 Å². The maximum absolute atomic E-state index is 12.4. The van der Waals surface area contributed by atoms with Crippen LogP contribution < -0.4 is 5.32 Å². The fraction of sp³-hybridized carbons (Fsp3) is 0.667. The van der Waals surface area contributed by atoms with Gasteiger partial charge >= 0.3 is 0 Å². The number of aliphatic hydroxyl groups excluding tert-OH is 1. The standard InChI is InChI=1S/C15H21NO3S/c17-8-10-3-1-2-4-12(10)16-15(18)14-7-11-9-19-6-5-13(11)20-14/h7,10,12,17H,1-6,8-9H2,(H,16,18). The molecule has 1 fully saturated rings. The summed E-state index contributed by atoms with van der Waals surface area (Å²) in [6.07, 6.45) is 5.19. The van der Waals surface area contributed by atoms with Crippen LogP contribution in [-0.2, 0) is 17.8 Å². The summed E-state index contributed by atoms with van der Waals surface area (Å²) in [5, 5.41) is 12.5. The van der Waals surface area contributed by atoms with Gasteiger partial charge in [-0.1, -0.05) is 12.8 Å². The minimum absolute atomic E-state index is 0.00903. The van der Waals surface area contributed by atoms with E-state index in [-0.39, 0.29) is 24.5 Å². The molecule has 5 heteroatoms. The first-order chi connectivity index (χ1) is 9.78. The van der Waals surface area contributed by atoms with Gasteiger partial charge in [0.25, 0.3) is 5.91 Å². The summed E-state index contributed by atoms with van der Waals surface area (Å²) in [4.78, 5) is 14.4. The molecule has 0 bridgehead atoms. The van der Waals surface area contributed by atoms with Crippen LogP contribution in [0.5, 0.6) is 0 Å². The van der Waals surface area contributed by atoms with E-state index < -0.39 is 0 Å². The topological polar surface area (TPSA) is 58.6 Å². The Labute approximate surface area is 123 Å². The van der Waals surface area contributed by atoms with Gasteiger partial charge in [-0.15, -0.1) is 11.3 Å². The number of hydrogen-bond donors (Lipinski definition) is 2. The van der Waals surface area contributed by atoms with Gasteiger partial charge in [0, 0.05) is 29.9 Å². The lowest BCUT2D eigenvalue weighted by Crippen LogP contribution is -2.43. The van der Waals surface area contributed by atoms with Gasteiger partial charge in [0.2, 0.25) is 0 Å². The van der Waals surface area contributed by atoms with Gasteiger partial charge in [0.15, 0.2) is 0 Å². The molecule has 2 heterocycles. The van der Waals surface area contributed by atoms with Crippen molar-refractivity contribution < 1.29 is 14.6 Å². The van der Waals surface area contributed by atoms with Crippen LogP contribution in [0, 0.1) is 5.92 Å². The van der Waals surface area contributed by atoms with Crippen molar-refractivity contribution in [3.63, 3.8) is 0 Å². The lowest BCUT2D eigenvalue weighted by molar-refractivity contribution is 0.0876. The highest BCUT2D eigenvalue weighted by molar-refractivity contribution is 7.14. The zero-order valence-corrected chi connectivity index (χ0v) is 12.4. The van der Waals surface area contributed by atoms with E-state index in [0.29, 0.717) is 6.61 Å². The molecule has 1 aromatic heterocycles. The molecule has 2 atom stereocenters. The highest BCUT2D eigenvalue weighted by Crippen LogP contribution is 2.28. The number of hydrogen-bond acceptors (Lipinski definition) is 4. The van der Waals surface area contributed by atoms with Crippen LogP contribution in [0.1, 0.15) is 45.8 Å². The van der Waals surface area contributed by atoms with Crippen LogP contribution >= 0.6 is 11.3 Å². The van der Waals surface area contributed by atoms with Crippen molar-refractivity contribution in [2.75, 3.05) is 13.2 Å². The summed E-state index contributed by atoms with van der Waals surface area (Å²) < 4.78 is 5.42. The third kappa shape index (κ3) is 2.90. The van der Waals surface area contributed by atoms with Gasteiger partial charge in [-0.2, -0.15) is 0 Å². The minimum Gasteiger partial charge on any atom is -0.396 e. The first-order valence-electron chi connectivity index (χ1n) is 7.39. The van der Waals surface area contributed by atoms with Gasteiger partial charge in [-0.05, 0) is 24.5 Å². The summed E-state index contributed by atoms with van der Waals surface area (Å²) in [6.45, 7) is 1.55. The van der Waals surface area contributed by atoms with Crippen LogP contribution in [-0.4, -0.2) is 30.3 Å². The van der Waals surface area contributed by atoms with E-state index in [4.69, 9.17) is 4.74 Å². The second kappa shape index (κ2) is 6.24. The van der Waals surface area contributed by atoms with Crippen LogP contribution in [0.3, 0.4) is 0 Å². The van der Waals surface area contributed by atoms with Crippen LogP contribution in [0.2, 0.25) is 0 Å². The molecule has 2 unspecified atom stereocenters. The molecule has 2 aliphatic rings. The fourth-order valence-electron chi connectivity index (χ4n) is 3.11. The zero-order chi connectivity index (χ0) is 13.9. The zero-order valence-electron chi connectivity index (χ0n) is 11.6. The number of amides is 1. The Balaban J connectivity index is 1.67. The lowest BCUT2D eigenvalue weighted by atomic mass is 9.85. The number of nitrogens with one attached hydrogen (secondary N) is 1. The summed E-state index contributed by atoms with van der Waals surface area (Å²) in [5.74, 6) is 0.223. The fourth-order valence-corrected chi connectivity index (χ4v) is 4.17. The number of aliphatic hydroxyl groups is 1. The van der Waals surface area contributed by atoms with Crippen molar-refractivity contribution in [2.24, 2.45) is 5.92 Å². The number of rotatable bonds is 3. The number of carbonyl (C=O) groups is 1. The van der Waals surface area contributed by atoms with E-state index in [0.717, 1.165) is 49.2 Å². The second-order valence-corrected chi connectivity index (χ2v) is 6.81. The number of carbonyl (C=O) groups excluding carboxylic acids is 1. The van der Waals surface area contributed by atoms with Gasteiger partial charge in [-0.3, -0.25) is 4.79 Å². The molecule has 3 rings (SSSR count). The average molecular weight is 295 g/mol. The summed E-state index contributed by atoms with van der Waals surface area (Å²) in [5.41, 5.74) is 1.16. The first kappa shape index (κ1) is 14.0. The molecule has 110 valence electrons. The average Bonchev–Trinajstić information content (AvgIpc) is 2.92. The monoisotopic (exact) mass is 295 g/mol. The third-order valence-corrected chi connectivity index (χ3v) is 5.55. The Morgan fingerprint density at radius 3 is 3.10 bits per heavy atom. The molecule has 1 aliphatic carbocycles. The molecule has 0 saturated heterocycles. The van der Waals surface area contributed by atoms with Crippen LogP contribution in [0.15, 0.2) is 6.07 Å². The van der Waals surface area contributed by atoms with Gasteiger partial charge in [-0.25, -0.2) is 0 Å². The maximum atomic E-state index is 12.4. The third-order valence-electron chi connectivity index (χ3n) is 4.31. The molecular formula is C15H21NO3S. The molecule has 2 N–H and O–H groups in total. The lowest BCUT2D eigenvalue weighted by Gasteiger charge is -2.30. The number of fused-ring (bicyclic) bond motifs is 1. The summed E-state index contributed by atoms with van der Waals surface area (Å²) in [7, 11) is 0. The first-order valence-corrected chi connectivity index (χ1v) is 8.20.